The number of nitrogens with one attached hydrogen (secondary N) is 1. The fourth-order valence-corrected chi connectivity index (χ4v) is 1.57. The van der Waals surface area contributed by atoms with Gasteiger partial charge in [0.25, 0.3) is 0 Å². The third kappa shape index (κ3) is 4.84. The highest BCUT2D eigenvalue weighted by Crippen LogP contribution is 2.13. The van der Waals surface area contributed by atoms with Gasteiger partial charge >= 0.3 is 0 Å². The summed E-state index contributed by atoms with van der Waals surface area (Å²) in [7, 11) is 0. The van der Waals surface area contributed by atoms with Crippen LogP contribution in [0.4, 0.5) is 5.69 Å². The Morgan fingerprint density at radius 1 is 1.13 bits per heavy atom. The van der Waals surface area contributed by atoms with Gasteiger partial charge in [-0.05, 0) is 51.0 Å². The van der Waals surface area contributed by atoms with E-state index >= 15 is 0 Å². The van der Waals surface area contributed by atoms with Crippen molar-refractivity contribution in [2.75, 3.05) is 18.5 Å². The van der Waals surface area contributed by atoms with Gasteiger partial charge in [-0.25, -0.2) is 0 Å². The van der Waals surface area contributed by atoms with Crippen LogP contribution in [0.2, 0.25) is 0 Å². The highest BCUT2D eigenvalue weighted by Gasteiger charge is 1.96. The molecule has 0 saturated heterocycles. The summed E-state index contributed by atoms with van der Waals surface area (Å²) in [5.41, 5.74) is 3.77. The molecule has 0 radical (unpaired) electrons. The molecule has 0 unspecified atom stereocenters. The van der Waals surface area contributed by atoms with E-state index in [0.717, 1.165) is 13.2 Å². The first-order valence-corrected chi connectivity index (χ1v) is 5.51. The largest absolute Gasteiger partial charge is 0.383 e. The zero-order valence-corrected chi connectivity index (χ0v) is 10.1. The van der Waals surface area contributed by atoms with E-state index in [9.17, 15) is 0 Å². The lowest BCUT2D eigenvalue weighted by molar-refractivity contribution is 0.0870. The summed E-state index contributed by atoms with van der Waals surface area (Å²) in [6, 6.07) is 6.49. The van der Waals surface area contributed by atoms with Gasteiger partial charge in [-0.1, -0.05) is 6.07 Å². The zero-order chi connectivity index (χ0) is 11.3. The Balaban J connectivity index is 2.37. The van der Waals surface area contributed by atoms with Gasteiger partial charge in [-0.15, -0.1) is 0 Å². The second-order valence-electron chi connectivity index (χ2n) is 4.22. The first kappa shape index (κ1) is 12.1. The van der Waals surface area contributed by atoms with E-state index in [1.54, 1.807) is 0 Å². The van der Waals surface area contributed by atoms with Crippen LogP contribution >= 0.6 is 0 Å². The van der Waals surface area contributed by atoms with Crippen LogP contribution in [0, 0.1) is 13.8 Å². The third-order valence-corrected chi connectivity index (χ3v) is 2.10. The second kappa shape index (κ2) is 5.76. The van der Waals surface area contributed by atoms with E-state index in [0.29, 0.717) is 6.10 Å². The number of hydrogen-bond donors (Lipinski definition) is 1. The maximum atomic E-state index is 5.46. The SMILES string of the molecule is Cc1cc(C)cc(NCCOC(C)C)c1. The highest BCUT2D eigenvalue weighted by atomic mass is 16.5. The van der Waals surface area contributed by atoms with Crippen molar-refractivity contribution in [3.8, 4) is 0 Å². The molecule has 1 aromatic carbocycles. The summed E-state index contributed by atoms with van der Waals surface area (Å²) in [6.45, 7) is 9.95. The Morgan fingerprint density at radius 2 is 1.73 bits per heavy atom. The summed E-state index contributed by atoms with van der Waals surface area (Å²) in [5.74, 6) is 0. The second-order valence-corrected chi connectivity index (χ2v) is 4.22. The Morgan fingerprint density at radius 3 is 2.27 bits per heavy atom. The number of ether oxygens (including phenoxy) is 1. The molecule has 15 heavy (non-hydrogen) atoms. The molecule has 0 spiro atoms. The molecular formula is C13H21NO. The molecule has 1 rings (SSSR count). The lowest BCUT2D eigenvalue weighted by Crippen LogP contribution is -2.13. The maximum absolute atomic E-state index is 5.46. The zero-order valence-electron chi connectivity index (χ0n) is 10.1. The molecule has 84 valence electrons. The summed E-state index contributed by atoms with van der Waals surface area (Å²) < 4.78 is 5.46. The third-order valence-electron chi connectivity index (χ3n) is 2.10. The van der Waals surface area contributed by atoms with Crippen molar-refractivity contribution >= 4 is 5.69 Å². The quantitative estimate of drug-likeness (QED) is 0.749. The molecule has 2 nitrogen and oxygen atoms in total. The van der Waals surface area contributed by atoms with Gasteiger partial charge in [0, 0.05) is 12.2 Å². The van der Waals surface area contributed by atoms with Crippen LogP contribution in [-0.4, -0.2) is 19.3 Å². The molecule has 0 aliphatic carbocycles. The highest BCUT2D eigenvalue weighted by molar-refractivity contribution is 5.48. The standard InChI is InChI=1S/C13H21NO/c1-10(2)15-6-5-14-13-8-11(3)7-12(4)9-13/h7-10,14H,5-6H2,1-4H3. The fourth-order valence-electron chi connectivity index (χ4n) is 1.57. The van der Waals surface area contributed by atoms with E-state index in [4.69, 9.17) is 4.74 Å². The average molecular weight is 207 g/mol. The van der Waals surface area contributed by atoms with Crippen molar-refractivity contribution < 1.29 is 4.74 Å². The molecular weight excluding hydrogens is 186 g/mol. The van der Waals surface area contributed by atoms with Gasteiger partial charge in [-0.3, -0.25) is 0 Å². The van der Waals surface area contributed by atoms with Crippen LogP contribution < -0.4 is 5.32 Å². The molecule has 1 N–H and O–H groups in total. The van der Waals surface area contributed by atoms with E-state index in [1.807, 2.05) is 0 Å². The molecule has 0 aromatic heterocycles. The number of hydrogen-bond acceptors (Lipinski definition) is 2. The Kier molecular flexibility index (Phi) is 4.63. The maximum Gasteiger partial charge on any atom is 0.0642 e. The average Bonchev–Trinajstić information content (AvgIpc) is 2.10. The van der Waals surface area contributed by atoms with Crippen molar-refractivity contribution in [1.29, 1.82) is 0 Å². The Labute approximate surface area is 92.6 Å². The van der Waals surface area contributed by atoms with Crippen molar-refractivity contribution in [2.24, 2.45) is 0 Å². The predicted molar refractivity (Wildman–Crippen MR) is 65.5 cm³/mol. The molecule has 0 amide bonds. The molecule has 1 aromatic rings. The van der Waals surface area contributed by atoms with Gasteiger partial charge < -0.3 is 10.1 Å². The molecule has 0 bridgehead atoms. The molecule has 0 aliphatic rings. The summed E-state index contributed by atoms with van der Waals surface area (Å²) in [4.78, 5) is 0. The van der Waals surface area contributed by atoms with Crippen molar-refractivity contribution in [3.63, 3.8) is 0 Å². The molecule has 0 atom stereocenters. The minimum absolute atomic E-state index is 0.311. The first-order chi connectivity index (χ1) is 7.08. The van der Waals surface area contributed by atoms with Gasteiger partial charge in [0.2, 0.25) is 0 Å². The van der Waals surface area contributed by atoms with Crippen LogP contribution in [0.25, 0.3) is 0 Å². The van der Waals surface area contributed by atoms with E-state index < -0.39 is 0 Å². The van der Waals surface area contributed by atoms with Crippen LogP contribution in [-0.2, 0) is 4.74 Å². The fraction of sp³-hybridized carbons (Fsp3) is 0.538. The van der Waals surface area contributed by atoms with Crippen LogP contribution in [0.1, 0.15) is 25.0 Å². The Hall–Kier alpha value is -1.02. The van der Waals surface area contributed by atoms with Gasteiger partial charge in [-0.2, -0.15) is 0 Å². The predicted octanol–water partition coefficient (Wildman–Crippen LogP) is 3.14. The smallest absolute Gasteiger partial charge is 0.0642 e. The summed E-state index contributed by atoms with van der Waals surface area (Å²) in [5, 5.41) is 3.36. The van der Waals surface area contributed by atoms with Crippen molar-refractivity contribution in [2.45, 2.75) is 33.8 Å². The topological polar surface area (TPSA) is 21.3 Å². The number of anilines is 1. The normalized spacial score (nSPS) is 10.7. The first-order valence-electron chi connectivity index (χ1n) is 5.51. The number of rotatable bonds is 5. The lowest BCUT2D eigenvalue weighted by Gasteiger charge is -2.10. The summed E-state index contributed by atoms with van der Waals surface area (Å²) >= 11 is 0. The van der Waals surface area contributed by atoms with Gasteiger partial charge in [0.15, 0.2) is 0 Å². The number of benzene rings is 1. The molecule has 0 aliphatic heterocycles. The minimum Gasteiger partial charge on any atom is -0.383 e. The van der Waals surface area contributed by atoms with Crippen molar-refractivity contribution in [1.82, 2.24) is 0 Å². The number of aryl methyl sites for hydroxylation is 2. The molecule has 2 heteroatoms. The molecule has 0 fully saturated rings. The molecule has 0 heterocycles. The Bertz CT molecular complexity index is 287. The van der Waals surface area contributed by atoms with Crippen LogP contribution in [0.15, 0.2) is 18.2 Å². The van der Waals surface area contributed by atoms with E-state index in [1.165, 1.54) is 16.8 Å². The van der Waals surface area contributed by atoms with Crippen molar-refractivity contribution in [3.05, 3.63) is 29.3 Å². The van der Waals surface area contributed by atoms with Gasteiger partial charge in [0.05, 0.1) is 12.7 Å². The van der Waals surface area contributed by atoms with E-state index in [-0.39, 0.29) is 0 Å². The van der Waals surface area contributed by atoms with Crippen LogP contribution in [0.5, 0.6) is 0 Å². The summed E-state index contributed by atoms with van der Waals surface area (Å²) in [6.07, 6.45) is 0.311. The minimum atomic E-state index is 0.311. The molecule has 0 saturated carbocycles. The lowest BCUT2D eigenvalue weighted by atomic mass is 10.1. The van der Waals surface area contributed by atoms with E-state index in [2.05, 4.69) is 51.2 Å². The monoisotopic (exact) mass is 207 g/mol. The van der Waals surface area contributed by atoms with Gasteiger partial charge in [0.1, 0.15) is 0 Å². The van der Waals surface area contributed by atoms with Crippen LogP contribution in [0.3, 0.4) is 0 Å².